The Morgan fingerprint density at radius 2 is 2.00 bits per heavy atom. The van der Waals surface area contributed by atoms with Gasteiger partial charge in [0.1, 0.15) is 18.8 Å². The Morgan fingerprint density at radius 3 is 2.66 bits per heavy atom. The SMILES string of the molecule is COc1ccc(NC(C)=O)cc1NC(=O)C[NH+](Cc1ccco1)Cc1cccs1. The van der Waals surface area contributed by atoms with E-state index in [1.165, 1.54) is 18.9 Å². The van der Waals surface area contributed by atoms with E-state index in [1.54, 1.807) is 35.8 Å². The maximum absolute atomic E-state index is 12.8. The average Bonchev–Trinajstić information content (AvgIpc) is 3.35. The van der Waals surface area contributed by atoms with Gasteiger partial charge in [0.25, 0.3) is 5.91 Å². The van der Waals surface area contributed by atoms with Crippen molar-refractivity contribution >= 4 is 34.5 Å². The van der Waals surface area contributed by atoms with Crippen molar-refractivity contribution in [3.05, 3.63) is 64.7 Å². The number of thiophene rings is 1. The first-order valence-corrected chi connectivity index (χ1v) is 10.0. The molecule has 0 fully saturated rings. The van der Waals surface area contributed by atoms with Gasteiger partial charge in [0.05, 0.1) is 23.9 Å². The van der Waals surface area contributed by atoms with Crippen molar-refractivity contribution in [2.24, 2.45) is 0 Å². The lowest BCUT2D eigenvalue weighted by Gasteiger charge is -2.18. The number of furan rings is 1. The molecule has 1 unspecified atom stereocenters. The zero-order valence-corrected chi connectivity index (χ0v) is 17.2. The molecule has 152 valence electrons. The van der Waals surface area contributed by atoms with E-state index in [-0.39, 0.29) is 18.4 Å². The molecule has 0 bridgehead atoms. The van der Waals surface area contributed by atoms with Crippen LogP contribution in [0.2, 0.25) is 0 Å². The Labute approximate surface area is 173 Å². The van der Waals surface area contributed by atoms with E-state index >= 15 is 0 Å². The van der Waals surface area contributed by atoms with Crippen LogP contribution in [-0.2, 0) is 22.7 Å². The monoisotopic (exact) mass is 414 g/mol. The van der Waals surface area contributed by atoms with Crippen molar-refractivity contribution in [1.82, 2.24) is 0 Å². The molecule has 2 heterocycles. The Kier molecular flexibility index (Phi) is 7.04. The highest BCUT2D eigenvalue weighted by Gasteiger charge is 2.19. The molecule has 29 heavy (non-hydrogen) atoms. The summed E-state index contributed by atoms with van der Waals surface area (Å²) in [7, 11) is 1.54. The van der Waals surface area contributed by atoms with E-state index in [0.717, 1.165) is 17.2 Å². The number of benzene rings is 1. The third-order valence-corrected chi connectivity index (χ3v) is 5.09. The minimum Gasteiger partial charge on any atom is -0.495 e. The van der Waals surface area contributed by atoms with Gasteiger partial charge in [-0.05, 0) is 41.8 Å². The van der Waals surface area contributed by atoms with Gasteiger partial charge >= 0.3 is 0 Å². The zero-order valence-electron chi connectivity index (χ0n) is 16.4. The summed E-state index contributed by atoms with van der Waals surface area (Å²) >= 11 is 1.67. The van der Waals surface area contributed by atoms with Gasteiger partial charge in [0, 0.05) is 12.6 Å². The van der Waals surface area contributed by atoms with Crippen LogP contribution in [0.25, 0.3) is 0 Å². The van der Waals surface area contributed by atoms with E-state index < -0.39 is 0 Å². The molecule has 3 rings (SSSR count). The lowest BCUT2D eigenvalue weighted by atomic mass is 10.2. The maximum Gasteiger partial charge on any atom is 0.279 e. The van der Waals surface area contributed by atoms with Gasteiger partial charge in [-0.2, -0.15) is 0 Å². The molecular weight excluding hydrogens is 390 g/mol. The Morgan fingerprint density at radius 1 is 1.14 bits per heavy atom. The van der Waals surface area contributed by atoms with Crippen molar-refractivity contribution in [1.29, 1.82) is 0 Å². The number of anilines is 2. The van der Waals surface area contributed by atoms with Crippen molar-refractivity contribution in [3.8, 4) is 5.75 Å². The lowest BCUT2D eigenvalue weighted by molar-refractivity contribution is -0.920. The summed E-state index contributed by atoms with van der Waals surface area (Å²) < 4.78 is 10.8. The first kappa shape index (κ1) is 20.6. The summed E-state index contributed by atoms with van der Waals surface area (Å²) in [5.41, 5.74) is 1.10. The first-order chi connectivity index (χ1) is 14.0. The number of rotatable bonds is 9. The minimum atomic E-state index is -0.183. The highest BCUT2D eigenvalue weighted by molar-refractivity contribution is 7.09. The molecule has 0 aliphatic carbocycles. The van der Waals surface area contributed by atoms with Crippen LogP contribution in [0.15, 0.2) is 58.5 Å². The van der Waals surface area contributed by atoms with Crippen LogP contribution in [0.4, 0.5) is 11.4 Å². The summed E-state index contributed by atoms with van der Waals surface area (Å²) in [4.78, 5) is 26.3. The quantitative estimate of drug-likeness (QED) is 0.502. The number of quaternary nitrogens is 1. The molecule has 2 aromatic heterocycles. The number of amides is 2. The molecule has 2 amide bonds. The summed E-state index contributed by atoms with van der Waals surface area (Å²) in [5.74, 6) is 1.02. The average molecular weight is 415 g/mol. The summed E-state index contributed by atoms with van der Waals surface area (Å²) in [6, 6.07) is 12.9. The van der Waals surface area contributed by atoms with Gasteiger partial charge in [-0.15, -0.1) is 11.3 Å². The second kappa shape index (κ2) is 9.90. The maximum atomic E-state index is 12.8. The molecule has 0 saturated carbocycles. The van der Waals surface area contributed by atoms with E-state index in [4.69, 9.17) is 9.15 Å². The molecule has 8 heteroatoms. The molecule has 0 aliphatic heterocycles. The van der Waals surface area contributed by atoms with Gasteiger partial charge in [0.15, 0.2) is 12.3 Å². The normalized spacial score (nSPS) is 11.7. The van der Waals surface area contributed by atoms with Crippen LogP contribution in [-0.4, -0.2) is 25.5 Å². The van der Waals surface area contributed by atoms with Crippen LogP contribution in [0.3, 0.4) is 0 Å². The minimum absolute atomic E-state index is 0.151. The van der Waals surface area contributed by atoms with Gasteiger partial charge in [-0.1, -0.05) is 6.07 Å². The predicted molar refractivity (Wildman–Crippen MR) is 112 cm³/mol. The predicted octanol–water partition coefficient (Wildman–Crippen LogP) is 2.53. The van der Waals surface area contributed by atoms with Gasteiger partial charge < -0.3 is 24.7 Å². The lowest BCUT2D eigenvalue weighted by Crippen LogP contribution is -3.10. The largest absolute Gasteiger partial charge is 0.495 e. The van der Waals surface area contributed by atoms with Crippen LogP contribution in [0.5, 0.6) is 5.75 Å². The van der Waals surface area contributed by atoms with Crippen molar-refractivity contribution < 1.29 is 23.6 Å². The second-order valence-corrected chi connectivity index (χ2v) is 7.62. The molecule has 7 nitrogen and oxygen atoms in total. The van der Waals surface area contributed by atoms with Crippen LogP contribution in [0, 0.1) is 0 Å². The highest BCUT2D eigenvalue weighted by Crippen LogP contribution is 2.27. The second-order valence-electron chi connectivity index (χ2n) is 6.58. The summed E-state index contributed by atoms with van der Waals surface area (Å²) in [6.07, 6.45) is 1.64. The molecular formula is C21H24N3O4S+. The molecule has 1 atom stereocenters. The van der Waals surface area contributed by atoms with E-state index in [1.807, 2.05) is 23.6 Å². The van der Waals surface area contributed by atoms with Crippen LogP contribution < -0.4 is 20.3 Å². The molecule has 0 aliphatic rings. The fourth-order valence-corrected chi connectivity index (χ4v) is 3.79. The Hall–Kier alpha value is -3.10. The fourth-order valence-electron chi connectivity index (χ4n) is 3.01. The van der Waals surface area contributed by atoms with Crippen molar-refractivity contribution in [3.63, 3.8) is 0 Å². The topological polar surface area (TPSA) is 85.0 Å². The third kappa shape index (κ3) is 6.20. The Bertz CT molecular complexity index is 903. The van der Waals surface area contributed by atoms with Crippen LogP contribution >= 0.6 is 11.3 Å². The number of carbonyl (C=O) groups excluding carboxylic acids is 2. The number of methoxy groups -OCH3 is 1. The third-order valence-electron chi connectivity index (χ3n) is 4.21. The first-order valence-electron chi connectivity index (χ1n) is 9.17. The molecule has 0 radical (unpaired) electrons. The van der Waals surface area contributed by atoms with Crippen molar-refractivity contribution in [2.75, 3.05) is 24.3 Å². The molecule has 1 aromatic carbocycles. The van der Waals surface area contributed by atoms with Gasteiger partial charge in [0.2, 0.25) is 5.91 Å². The van der Waals surface area contributed by atoms with Gasteiger partial charge in [-0.3, -0.25) is 9.59 Å². The van der Waals surface area contributed by atoms with E-state index in [2.05, 4.69) is 16.7 Å². The number of hydrogen-bond donors (Lipinski definition) is 3. The molecule has 3 N–H and O–H groups in total. The number of nitrogens with one attached hydrogen (secondary N) is 3. The van der Waals surface area contributed by atoms with E-state index in [9.17, 15) is 9.59 Å². The molecule has 3 aromatic rings. The Balaban J connectivity index is 1.71. The van der Waals surface area contributed by atoms with Crippen molar-refractivity contribution in [2.45, 2.75) is 20.0 Å². The van der Waals surface area contributed by atoms with E-state index in [0.29, 0.717) is 23.7 Å². The summed E-state index contributed by atoms with van der Waals surface area (Å²) in [5, 5.41) is 7.64. The molecule has 0 spiro atoms. The summed E-state index contributed by atoms with van der Waals surface area (Å²) in [6.45, 7) is 3.01. The van der Waals surface area contributed by atoms with Crippen LogP contribution in [0.1, 0.15) is 17.6 Å². The smallest absolute Gasteiger partial charge is 0.279 e. The number of hydrogen-bond acceptors (Lipinski definition) is 5. The zero-order chi connectivity index (χ0) is 20.6. The molecule has 0 saturated heterocycles. The number of ether oxygens (including phenoxy) is 1. The standard InChI is InChI=1S/C21H23N3O4S/c1-15(25)22-16-7-8-20(27-2)19(11-16)23-21(26)14-24(12-17-5-3-9-28-17)13-18-6-4-10-29-18/h3-11H,12-14H2,1-2H3,(H,22,25)(H,23,26)/p+1. The fraction of sp³-hybridized carbons (Fsp3) is 0.238. The van der Waals surface area contributed by atoms with Gasteiger partial charge in [-0.25, -0.2) is 0 Å². The number of carbonyl (C=O) groups is 2. The highest BCUT2D eigenvalue weighted by atomic mass is 32.1.